The molecule has 0 aromatic heterocycles. The van der Waals surface area contributed by atoms with Gasteiger partial charge in [-0.1, -0.05) is 0 Å². The van der Waals surface area contributed by atoms with E-state index in [1.54, 1.807) is 4.97 Å². The third-order valence-electron chi connectivity index (χ3n) is 0.481. The monoisotopic (exact) mass is 235 g/mol. The fraction of sp³-hybridized carbons (Fsp3) is 0.500. The third-order valence-corrected chi connectivity index (χ3v) is 0.916. The quantitative estimate of drug-likeness (QED) is 0.649. The number of aliphatic hydroxyl groups is 1. The van der Waals surface area contributed by atoms with Crippen LogP contribution in [0.4, 0.5) is 0 Å². The Morgan fingerprint density at radius 3 is 2.70 bits per heavy atom. The summed E-state index contributed by atoms with van der Waals surface area (Å²) in [6.45, 7) is 1.28. The van der Waals surface area contributed by atoms with Gasteiger partial charge in [0.15, 0.2) is 0 Å². The number of nitriles is 1. The van der Waals surface area contributed by atoms with Crippen LogP contribution in [0.2, 0.25) is 0 Å². The van der Waals surface area contributed by atoms with Crippen molar-refractivity contribution in [3.8, 4) is 4.97 Å². The first-order valence-electron chi connectivity index (χ1n) is 2.08. The van der Waals surface area contributed by atoms with Crippen LogP contribution in [-0.2, 0) is 43.4 Å². The predicted molar refractivity (Wildman–Crippen MR) is 23.4 cm³/mol. The maximum atomic E-state index is 10.3. The van der Waals surface area contributed by atoms with Gasteiger partial charge in [-0.25, -0.2) is 0 Å². The van der Waals surface area contributed by atoms with Crippen molar-refractivity contribution in [3.05, 3.63) is 0 Å². The van der Waals surface area contributed by atoms with Gasteiger partial charge in [0.05, 0.1) is 0 Å². The maximum Gasteiger partial charge on any atom is 0 e. The van der Waals surface area contributed by atoms with Gasteiger partial charge in [0, 0.05) is 19.5 Å². The topological polar surface area (TPSA) is 70.3 Å². The minimum absolute atomic E-state index is 0. The smallest absolute Gasteiger partial charge is 0 e. The van der Waals surface area contributed by atoms with Gasteiger partial charge < -0.3 is 0 Å². The Morgan fingerprint density at radius 1 is 1.90 bits per heavy atom. The van der Waals surface area contributed by atoms with Gasteiger partial charge in [0.25, 0.3) is 0 Å². The summed E-state index contributed by atoms with van der Waals surface area (Å²) in [6, 6.07) is 0. The molecule has 0 fully saturated rings. The van der Waals surface area contributed by atoms with Crippen LogP contribution in [0.5, 0.6) is 0 Å². The summed E-state index contributed by atoms with van der Waals surface area (Å²) in [7, 11) is 0. The summed E-state index contributed by atoms with van der Waals surface area (Å²) < 4.78 is 4.20. The summed E-state index contributed by atoms with van der Waals surface area (Å²) in [4.78, 5) is 11.9. The molecular weight excluding hydrogens is 231 g/mol. The average Bonchev–Trinajstić information content (AvgIpc) is 1.82. The molecule has 0 aromatic carbocycles. The number of nitrogens with zero attached hydrogens (tertiary/aromatic N) is 1. The molecule has 0 rings (SSSR count). The second-order valence-corrected chi connectivity index (χ2v) is 1.92. The van der Waals surface area contributed by atoms with Crippen LogP contribution in [0.25, 0.3) is 0 Å². The minimum atomic E-state index is -1.14. The Morgan fingerprint density at radius 2 is 2.40 bits per heavy atom. The number of carbonyl (C=O) groups is 1. The summed E-state index contributed by atoms with van der Waals surface area (Å²) in [5.41, 5.74) is 0. The van der Waals surface area contributed by atoms with Gasteiger partial charge >= 0.3 is 58.2 Å². The molecular formula is C4H5FeNO3Zn. The minimum Gasteiger partial charge on any atom is 0 e. The first-order chi connectivity index (χ1) is 4.18. The molecule has 0 aliphatic heterocycles. The fourth-order valence-electron chi connectivity index (χ4n) is 0.112. The molecule has 0 heterocycles. The molecule has 0 aliphatic rings. The van der Waals surface area contributed by atoms with Crippen LogP contribution < -0.4 is 0 Å². The SMILES string of the molecule is CC(O)C(=O)[O][Fe][C]#N.[Zn]. The fourth-order valence-corrected chi connectivity index (χ4v) is 0.462. The van der Waals surface area contributed by atoms with Crippen LogP contribution in [0.3, 0.4) is 0 Å². The van der Waals surface area contributed by atoms with E-state index in [2.05, 4.69) is 3.82 Å². The van der Waals surface area contributed by atoms with Crippen LogP contribution in [0.1, 0.15) is 6.92 Å². The standard InChI is InChI=1S/C3H6O3.CN.Fe.Zn/c1-2(4)3(5)6;1-2;;/h2,4H,1H3,(H,5,6);;;/q;;+1;/p-1. The molecule has 54 valence electrons. The van der Waals surface area contributed by atoms with E-state index >= 15 is 0 Å². The number of hydrogen-bond acceptors (Lipinski definition) is 4. The summed E-state index contributed by atoms with van der Waals surface area (Å²) in [6.07, 6.45) is -1.14. The number of aliphatic hydroxyl groups excluding tert-OH is 1. The normalized spacial score (nSPS) is 10.9. The second-order valence-electron chi connectivity index (χ2n) is 1.22. The van der Waals surface area contributed by atoms with E-state index in [0.29, 0.717) is 0 Å². The molecule has 0 saturated heterocycles. The van der Waals surface area contributed by atoms with Gasteiger partial charge in [0.2, 0.25) is 0 Å². The Balaban J connectivity index is 0. The Hall–Kier alpha value is 0.0629. The van der Waals surface area contributed by atoms with Crippen LogP contribution in [-0.4, -0.2) is 17.2 Å². The van der Waals surface area contributed by atoms with E-state index in [9.17, 15) is 4.79 Å². The largest absolute Gasteiger partial charge is 0 e. The van der Waals surface area contributed by atoms with Crippen molar-refractivity contribution < 1.29 is 48.5 Å². The van der Waals surface area contributed by atoms with Crippen molar-refractivity contribution in [1.29, 1.82) is 5.26 Å². The molecule has 0 radical (unpaired) electrons. The predicted octanol–water partition coefficient (Wildman–Crippen LogP) is -0.614. The van der Waals surface area contributed by atoms with E-state index in [-0.39, 0.29) is 34.8 Å². The second kappa shape index (κ2) is 7.17. The van der Waals surface area contributed by atoms with Crippen molar-refractivity contribution in [1.82, 2.24) is 0 Å². The Kier molecular flexibility index (Phi) is 9.12. The van der Waals surface area contributed by atoms with Gasteiger partial charge in [0.1, 0.15) is 0 Å². The molecule has 1 atom stereocenters. The van der Waals surface area contributed by atoms with E-state index in [1.165, 1.54) is 6.92 Å². The van der Waals surface area contributed by atoms with Crippen molar-refractivity contribution in [2.45, 2.75) is 13.0 Å². The van der Waals surface area contributed by atoms with Crippen LogP contribution in [0.15, 0.2) is 0 Å². The molecule has 4 nitrogen and oxygen atoms in total. The number of rotatable bonds is 2. The van der Waals surface area contributed by atoms with Crippen molar-refractivity contribution in [3.63, 3.8) is 0 Å². The zero-order valence-electron chi connectivity index (χ0n) is 5.35. The molecule has 10 heavy (non-hydrogen) atoms. The summed E-state index contributed by atoms with van der Waals surface area (Å²) >= 11 is -0.302. The Labute approximate surface area is 77.8 Å². The summed E-state index contributed by atoms with van der Waals surface area (Å²) in [5.74, 6) is -0.767. The summed E-state index contributed by atoms with van der Waals surface area (Å²) in [5, 5.41) is 16.4. The van der Waals surface area contributed by atoms with Crippen molar-refractivity contribution in [2.24, 2.45) is 0 Å². The third kappa shape index (κ3) is 6.19. The van der Waals surface area contributed by atoms with Crippen molar-refractivity contribution in [2.75, 3.05) is 0 Å². The maximum absolute atomic E-state index is 10.3. The van der Waals surface area contributed by atoms with Gasteiger partial charge in [-0.15, -0.1) is 0 Å². The van der Waals surface area contributed by atoms with Gasteiger partial charge in [-0.3, -0.25) is 0 Å². The zero-order chi connectivity index (χ0) is 7.28. The van der Waals surface area contributed by atoms with E-state index < -0.39 is 12.1 Å². The molecule has 0 bridgehead atoms. The molecule has 0 aromatic rings. The van der Waals surface area contributed by atoms with E-state index in [4.69, 9.17) is 10.4 Å². The first kappa shape index (κ1) is 12.7. The zero-order valence-corrected chi connectivity index (χ0v) is 9.42. The Bertz CT molecular complexity index is 144. The molecule has 0 aliphatic carbocycles. The number of carbonyl (C=O) groups excluding carboxylic acids is 1. The van der Waals surface area contributed by atoms with E-state index in [0.717, 1.165) is 0 Å². The van der Waals surface area contributed by atoms with Crippen LogP contribution >= 0.6 is 0 Å². The van der Waals surface area contributed by atoms with Crippen molar-refractivity contribution >= 4 is 5.97 Å². The van der Waals surface area contributed by atoms with Crippen LogP contribution in [0, 0.1) is 10.2 Å². The molecule has 6 heteroatoms. The molecule has 0 amide bonds. The molecule has 0 spiro atoms. The average molecular weight is 236 g/mol. The first-order valence-corrected chi connectivity index (χ1v) is 3.08. The molecule has 1 unspecified atom stereocenters. The molecule has 0 saturated carbocycles. The number of hydrogen-bond donors (Lipinski definition) is 1. The van der Waals surface area contributed by atoms with Gasteiger partial charge in [-0.05, 0) is 0 Å². The van der Waals surface area contributed by atoms with E-state index in [1.807, 2.05) is 0 Å². The molecule has 1 N–H and O–H groups in total. The van der Waals surface area contributed by atoms with Gasteiger partial charge in [-0.2, -0.15) is 0 Å².